The molecule has 3 aromatic rings. The van der Waals surface area contributed by atoms with Crippen LogP contribution in [0, 0.1) is 0 Å². The first-order valence-electron chi connectivity index (χ1n) is 8.55. The summed E-state index contributed by atoms with van der Waals surface area (Å²) < 4.78 is 47.7. The van der Waals surface area contributed by atoms with Crippen LogP contribution in [0.1, 0.15) is 18.1 Å². The van der Waals surface area contributed by atoms with E-state index < -0.39 is 35.4 Å². The van der Waals surface area contributed by atoms with E-state index in [0.29, 0.717) is 11.6 Å². The Kier molecular flexibility index (Phi) is 5.49. The quantitative estimate of drug-likeness (QED) is 0.213. The Morgan fingerprint density at radius 1 is 1.33 bits per heavy atom. The number of esters is 1. The molecule has 0 saturated heterocycles. The highest BCUT2D eigenvalue weighted by Gasteiger charge is 2.35. The number of halogens is 3. The number of nitrogens with zero attached hydrogens (tertiary/aromatic N) is 3. The molecule has 0 spiro atoms. The van der Waals surface area contributed by atoms with Gasteiger partial charge in [0, 0.05) is 18.0 Å². The van der Waals surface area contributed by atoms with Gasteiger partial charge in [0.1, 0.15) is 6.54 Å². The number of aromatic amines is 1. The minimum Gasteiger partial charge on any atom is -0.465 e. The number of carbonyl (C=O) groups excluding carboxylic acids is 1. The van der Waals surface area contributed by atoms with Crippen LogP contribution in [-0.4, -0.2) is 38.1 Å². The van der Waals surface area contributed by atoms with E-state index >= 15 is 0 Å². The molecular formula is C18H15F3N4O5. The van der Waals surface area contributed by atoms with Gasteiger partial charge in [0.15, 0.2) is 0 Å². The summed E-state index contributed by atoms with van der Waals surface area (Å²) in [5, 5.41) is 11.4. The van der Waals surface area contributed by atoms with Gasteiger partial charge < -0.3 is 19.5 Å². The highest BCUT2D eigenvalue weighted by Crippen LogP contribution is 2.36. The van der Waals surface area contributed by atoms with E-state index in [1.54, 1.807) is 6.92 Å². The third-order valence-electron chi connectivity index (χ3n) is 4.19. The lowest BCUT2D eigenvalue weighted by molar-refractivity contribution is -0.143. The molecule has 0 aliphatic carbocycles. The molecule has 3 rings (SSSR count). The molecule has 2 N–H and O–H groups in total. The van der Waals surface area contributed by atoms with Crippen molar-refractivity contribution in [1.82, 2.24) is 14.1 Å². The first-order chi connectivity index (χ1) is 14.2. The molecule has 2 aromatic heterocycles. The number of hydrogen-bond donors (Lipinski definition) is 2. The van der Waals surface area contributed by atoms with Crippen molar-refractivity contribution < 1.29 is 27.9 Å². The summed E-state index contributed by atoms with van der Waals surface area (Å²) in [4.78, 5) is 38.2. The predicted octanol–water partition coefficient (Wildman–Crippen LogP) is 1.87. The first kappa shape index (κ1) is 20.9. The Morgan fingerprint density at radius 2 is 2.07 bits per heavy atom. The highest BCUT2D eigenvalue weighted by atomic mass is 19.4. The average Bonchev–Trinajstić information content (AvgIpc) is 3.13. The van der Waals surface area contributed by atoms with Gasteiger partial charge in [-0.15, -0.1) is 0 Å². The summed E-state index contributed by atoms with van der Waals surface area (Å²) in [6.07, 6.45) is -1.19. The maximum Gasteiger partial charge on any atom is 0.418 e. The van der Waals surface area contributed by atoms with E-state index in [1.165, 1.54) is 18.5 Å². The van der Waals surface area contributed by atoms with Crippen molar-refractivity contribution in [2.45, 2.75) is 19.6 Å². The minimum absolute atomic E-state index is 0.0245. The summed E-state index contributed by atoms with van der Waals surface area (Å²) in [5.41, 5.74) is -3.79. The van der Waals surface area contributed by atoms with Crippen LogP contribution in [0.2, 0.25) is 0 Å². The molecule has 12 heteroatoms. The summed E-state index contributed by atoms with van der Waals surface area (Å²) in [5.74, 6) is -0.824. The molecule has 0 bridgehead atoms. The van der Waals surface area contributed by atoms with Gasteiger partial charge in [-0.05, 0) is 25.1 Å². The average molecular weight is 424 g/mol. The molecule has 2 heterocycles. The second-order valence-electron chi connectivity index (χ2n) is 6.13. The Labute approximate surface area is 165 Å². The van der Waals surface area contributed by atoms with Crippen LogP contribution in [0.4, 0.5) is 13.2 Å². The predicted molar refractivity (Wildman–Crippen MR) is 99.2 cm³/mol. The van der Waals surface area contributed by atoms with Gasteiger partial charge >= 0.3 is 23.3 Å². The molecule has 1 aromatic carbocycles. The fourth-order valence-corrected chi connectivity index (χ4v) is 2.95. The number of nitrogens with one attached hydrogen (secondary N) is 1. The van der Waals surface area contributed by atoms with Crippen LogP contribution in [-0.2, 0) is 22.3 Å². The number of oxime groups is 1. The summed E-state index contributed by atoms with van der Waals surface area (Å²) in [6, 6.07) is 3.13. The van der Waals surface area contributed by atoms with Crippen LogP contribution in [0.25, 0.3) is 16.7 Å². The van der Waals surface area contributed by atoms with Crippen molar-refractivity contribution in [2.24, 2.45) is 5.16 Å². The molecule has 0 atom stereocenters. The van der Waals surface area contributed by atoms with E-state index in [9.17, 15) is 27.6 Å². The van der Waals surface area contributed by atoms with Gasteiger partial charge in [-0.2, -0.15) is 13.2 Å². The Morgan fingerprint density at radius 3 is 2.70 bits per heavy atom. The minimum atomic E-state index is -4.79. The lowest BCUT2D eigenvalue weighted by Crippen LogP contribution is -2.38. The Bertz CT molecular complexity index is 1250. The first-order valence-corrected chi connectivity index (χ1v) is 8.55. The van der Waals surface area contributed by atoms with Gasteiger partial charge in [-0.1, -0.05) is 5.16 Å². The molecule has 0 saturated carbocycles. The standard InChI is InChI=1S/C18H15F3N4O5/c1-2-30-15(26)9-25-14-6-13(24-4-3-10(8-24)7-22-29)11(18(19,20)21)5-12(14)23-16(27)17(25)28/h3-8,29H,2,9H2,1H3,(H,23,27)/b22-7-. The molecule has 0 unspecified atom stereocenters. The monoisotopic (exact) mass is 424 g/mol. The van der Waals surface area contributed by atoms with Gasteiger partial charge in [-0.3, -0.25) is 19.0 Å². The van der Waals surface area contributed by atoms with Gasteiger partial charge in [-0.25, -0.2) is 0 Å². The van der Waals surface area contributed by atoms with Crippen molar-refractivity contribution in [2.75, 3.05) is 6.61 Å². The number of hydrogen-bond acceptors (Lipinski definition) is 6. The van der Waals surface area contributed by atoms with Crippen LogP contribution in [0.5, 0.6) is 0 Å². The van der Waals surface area contributed by atoms with Crippen molar-refractivity contribution in [3.05, 3.63) is 62.4 Å². The maximum atomic E-state index is 13.7. The summed E-state index contributed by atoms with van der Waals surface area (Å²) in [7, 11) is 0. The van der Waals surface area contributed by atoms with Crippen LogP contribution >= 0.6 is 0 Å². The zero-order valence-corrected chi connectivity index (χ0v) is 15.4. The maximum absolute atomic E-state index is 13.7. The molecule has 0 fully saturated rings. The van der Waals surface area contributed by atoms with Gasteiger partial charge in [0.2, 0.25) is 0 Å². The molecule has 9 nitrogen and oxygen atoms in total. The number of ether oxygens (including phenoxy) is 1. The molecular weight excluding hydrogens is 409 g/mol. The number of benzene rings is 1. The third kappa shape index (κ3) is 3.97. The molecule has 30 heavy (non-hydrogen) atoms. The topological polar surface area (TPSA) is 119 Å². The smallest absolute Gasteiger partial charge is 0.418 e. The number of H-pyrrole nitrogens is 1. The van der Waals surface area contributed by atoms with Crippen LogP contribution in [0.3, 0.4) is 0 Å². The van der Waals surface area contributed by atoms with E-state index in [4.69, 9.17) is 9.94 Å². The Hall–Kier alpha value is -3.83. The molecule has 158 valence electrons. The van der Waals surface area contributed by atoms with E-state index in [-0.39, 0.29) is 23.3 Å². The Balaban J connectivity index is 2.33. The second-order valence-corrected chi connectivity index (χ2v) is 6.13. The molecule has 0 amide bonds. The molecule has 0 aliphatic heterocycles. The molecule has 0 aliphatic rings. The lowest BCUT2D eigenvalue weighted by atomic mass is 10.1. The lowest BCUT2D eigenvalue weighted by Gasteiger charge is -2.17. The van der Waals surface area contributed by atoms with Crippen molar-refractivity contribution in [3.8, 4) is 5.69 Å². The number of aromatic nitrogens is 3. The van der Waals surface area contributed by atoms with Crippen molar-refractivity contribution in [3.63, 3.8) is 0 Å². The van der Waals surface area contributed by atoms with Crippen molar-refractivity contribution >= 4 is 23.2 Å². The number of fused-ring (bicyclic) bond motifs is 1. The fraction of sp³-hybridized carbons (Fsp3) is 0.222. The number of carbonyl (C=O) groups is 1. The zero-order valence-electron chi connectivity index (χ0n) is 15.4. The van der Waals surface area contributed by atoms with E-state index in [1.807, 2.05) is 0 Å². The molecule has 0 radical (unpaired) electrons. The summed E-state index contributed by atoms with van der Waals surface area (Å²) in [6.45, 7) is 0.923. The van der Waals surface area contributed by atoms with Gasteiger partial charge in [0.25, 0.3) is 0 Å². The van der Waals surface area contributed by atoms with E-state index in [2.05, 4.69) is 10.1 Å². The number of rotatable bonds is 5. The largest absolute Gasteiger partial charge is 0.465 e. The second kappa shape index (κ2) is 7.89. The zero-order chi connectivity index (χ0) is 22.1. The van der Waals surface area contributed by atoms with Gasteiger partial charge in [0.05, 0.1) is 35.1 Å². The third-order valence-corrected chi connectivity index (χ3v) is 4.19. The normalized spacial score (nSPS) is 12.0. The van der Waals surface area contributed by atoms with Crippen LogP contribution < -0.4 is 11.1 Å². The van der Waals surface area contributed by atoms with Crippen molar-refractivity contribution in [1.29, 1.82) is 0 Å². The highest BCUT2D eigenvalue weighted by molar-refractivity contribution is 5.82. The fourth-order valence-electron chi connectivity index (χ4n) is 2.95. The SMILES string of the molecule is CCOC(=O)Cn1c(=O)c(=O)[nH]c2cc(C(F)(F)F)c(-n3ccc(/C=N\O)c3)cc21. The number of alkyl halides is 3. The summed E-state index contributed by atoms with van der Waals surface area (Å²) >= 11 is 0. The van der Waals surface area contributed by atoms with E-state index in [0.717, 1.165) is 21.4 Å². The van der Waals surface area contributed by atoms with Crippen LogP contribution in [0.15, 0.2) is 45.3 Å².